The van der Waals surface area contributed by atoms with Crippen LogP contribution < -0.4 is 16.4 Å². The number of allylic oxidation sites excluding steroid dienone is 1. The van der Waals surface area contributed by atoms with Gasteiger partial charge in [-0.3, -0.25) is 9.59 Å². The summed E-state index contributed by atoms with van der Waals surface area (Å²) in [6.07, 6.45) is 1.35. The Labute approximate surface area is 166 Å². The maximum absolute atomic E-state index is 13.5. The second kappa shape index (κ2) is 7.23. The number of carbonyl (C=O) groups excluding carboxylic acids is 2. The Morgan fingerprint density at radius 1 is 1.14 bits per heavy atom. The molecule has 0 saturated heterocycles. The maximum atomic E-state index is 13.5. The predicted octanol–water partition coefficient (Wildman–Crippen LogP) is 3.05. The quantitative estimate of drug-likeness (QED) is 0.636. The van der Waals surface area contributed by atoms with Crippen LogP contribution in [0.5, 0.6) is 0 Å². The molecule has 0 fully saturated rings. The number of hydrogen-bond acceptors (Lipinski definition) is 4. The zero-order valence-corrected chi connectivity index (χ0v) is 15.5. The molecule has 1 atom stereocenters. The van der Waals surface area contributed by atoms with Gasteiger partial charge in [-0.25, -0.2) is 9.07 Å². The average molecular weight is 391 g/mol. The molecule has 146 valence electrons. The van der Waals surface area contributed by atoms with Crippen LogP contribution in [0.15, 0.2) is 72.1 Å². The lowest BCUT2D eigenvalue weighted by atomic mass is 9.94. The number of benzene rings is 2. The van der Waals surface area contributed by atoms with Crippen molar-refractivity contribution in [2.24, 2.45) is 5.73 Å². The van der Waals surface area contributed by atoms with E-state index in [1.165, 1.54) is 23.0 Å². The minimum Gasteiger partial charge on any atom is -0.365 e. The topological polar surface area (TPSA) is 102 Å². The van der Waals surface area contributed by atoms with E-state index in [0.29, 0.717) is 28.3 Å². The first kappa shape index (κ1) is 18.4. The standard InChI is InChI=1S/C21H18FN5O2/c1-12-17(21(29)26-15-5-3-2-4-6-15)18(13-7-9-14(22)10-8-13)27-20(25-12)16(11-24-27)19(23)28/h2-11,18,25H,1H3,(H2,23,28)(H,26,29)/t18-/m0/s1. The normalized spacial score (nSPS) is 15.4. The highest BCUT2D eigenvalue weighted by Gasteiger charge is 2.35. The fourth-order valence-electron chi connectivity index (χ4n) is 3.40. The van der Waals surface area contributed by atoms with E-state index in [0.717, 1.165) is 0 Å². The van der Waals surface area contributed by atoms with Crippen molar-refractivity contribution >= 4 is 23.3 Å². The molecule has 4 N–H and O–H groups in total. The summed E-state index contributed by atoms with van der Waals surface area (Å²) in [6.45, 7) is 1.73. The van der Waals surface area contributed by atoms with Crippen LogP contribution in [0.4, 0.5) is 15.9 Å². The number of nitrogens with one attached hydrogen (secondary N) is 2. The molecule has 29 heavy (non-hydrogen) atoms. The minimum atomic E-state index is -0.663. The van der Waals surface area contributed by atoms with Crippen LogP contribution in [0.1, 0.15) is 28.9 Å². The van der Waals surface area contributed by atoms with Gasteiger partial charge < -0.3 is 16.4 Å². The highest BCUT2D eigenvalue weighted by Crippen LogP contribution is 2.37. The third-order valence-electron chi connectivity index (χ3n) is 4.75. The van der Waals surface area contributed by atoms with Gasteiger partial charge in [-0.05, 0) is 36.8 Å². The van der Waals surface area contributed by atoms with Crippen LogP contribution in [0.2, 0.25) is 0 Å². The molecular weight excluding hydrogens is 373 g/mol. The number of anilines is 2. The lowest BCUT2D eigenvalue weighted by Gasteiger charge is -2.30. The Morgan fingerprint density at radius 3 is 2.48 bits per heavy atom. The molecule has 2 heterocycles. The Kier molecular flexibility index (Phi) is 4.59. The second-order valence-corrected chi connectivity index (χ2v) is 6.65. The molecule has 0 unspecified atom stereocenters. The first-order valence-corrected chi connectivity index (χ1v) is 8.92. The van der Waals surface area contributed by atoms with Crippen molar-refractivity contribution in [2.75, 3.05) is 10.6 Å². The van der Waals surface area contributed by atoms with E-state index < -0.39 is 17.8 Å². The molecule has 7 nitrogen and oxygen atoms in total. The summed E-state index contributed by atoms with van der Waals surface area (Å²) in [7, 11) is 0. The molecule has 1 aliphatic rings. The smallest absolute Gasteiger partial charge is 0.255 e. The van der Waals surface area contributed by atoms with Crippen LogP contribution in [0, 0.1) is 5.82 Å². The Balaban J connectivity index is 1.82. The maximum Gasteiger partial charge on any atom is 0.255 e. The summed E-state index contributed by atoms with van der Waals surface area (Å²) < 4.78 is 15.0. The number of para-hydroxylation sites is 1. The average Bonchev–Trinajstić information content (AvgIpc) is 3.12. The summed E-state index contributed by atoms with van der Waals surface area (Å²) in [5.74, 6) is -0.975. The van der Waals surface area contributed by atoms with Crippen molar-refractivity contribution in [1.82, 2.24) is 9.78 Å². The molecule has 3 aromatic rings. The van der Waals surface area contributed by atoms with Gasteiger partial charge in [0.2, 0.25) is 0 Å². The summed E-state index contributed by atoms with van der Waals surface area (Å²) in [5, 5.41) is 10.2. The van der Waals surface area contributed by atoms with Crippen molar-refractivity contribution in [3.63, 3.8) is 0 Å². The number of nitrogens with two attached hydrogens (primary N) is 1. The van der Waals surface area contributed by atoms with Crippen molar-refractivity contribution in [3.8, 4) is 0 Å². The van der Waals surface area contributed by atoms with Gasteiger partial charge in [0.25, 0.3) is 11.8 Å². The number of rotatable bonds is 4. The fourth-order valence-corrected chi connectivity index (χ4v) is 3.40. The number of hydrogen-bond donors (Lipinski definition) is 3. The van der Waals surface area contributed by atoms with Crippen LogP contribution in [-0.4, -0.2) is 21.6 Å². The van der Waals surface area contributed by atoms with Gasteiger partial charge >= 0.3 is 0 Å². The summed E-state index contributed by atoms with van der Waals surface area (Å²) in [5.41, 5.74) is 7.88. The number of carbonyl (C=O) groups is 2. The molecule has 0 radical (unpaired) electrons. The van der Waals surface area contributed by atoms with Crippen molar-refractivity contribution < 1.29 is 14.0 Å². The monoisotopic (exact) mass is 391 g/mol. The molecule has 4 rings (SSSR count). The number of halogens is 1. The third-order valence-corrected chi connectivity index (χ3v) is 4.75. The molecule has 8 heteroatoms. The molecule has 1 aromatic heterocycles. The fraction of sp³-hybridized carbons (Fsp3) is 0.0952. The first-order chi connectivity index (χ1) is 14.0. The van der Waals surface area contributed by atoms with Gasteiger partial charge in [0.15, 0.2) is 0 Å². The number of amides is 2. The van der Waals surface area contributed by atoms with E-state index in [4.69, 9.17) is 5.73 Å². The predicted molar refractivity (Wildman–Crippen MR) is 107 cm³/mol. The summed E-state index contributed by atoms with van der Waals surface area (Å²) in [4.78, 5) is 24.9. The molecule has 0 bridgehead atoms. The first-order valence-electron chi connectivity index (χ1n) is 8.92. The Bertz CT molecular complexity index is 1120. The van der Waals surface area contributed by atoms with Crippen LogP contribution >= 0.6 is 0 Å². The minimum absolute atomic E-state index is 0.207. The van der Waals surface area contributed by atoms with E-state index in [1.54, 1.807) is 31.2 Å². The SMILES string of the molecule is CC1=C(C(=O)Nc2ccccc2)[C@H](c2ccc(F)cc2)n2ncc(C(N)=O)c2N1. The summed E-state index contributed by atoms with van der Waals surface area (Å²) >= 11 is 0. The number of fused-ring (bicyclic) bond motifs is 1. The van der Waals surface area contributed by atoms with Gasteiger partial charge in [-0.2, -0.15) is 5.10 Å². The van der Waals surface area contributed by atoms with E-state index >= 15 is 0 Å². The van der Waals surface area contributed by atoms with Crippen molar-refractivity contribution in [2.45, 2.75) is 13.0 Å². The zero-order valence-electron chi connectivity index (χ0n) is 15.5. The molecule has 0 aliphatic carbocycles. The van der Waals surface area contributed by atoms with Crippen LogP contribution in [-0.2, 0) is 4.79 Å². The highest BCUT2D eigenvalue weighted by atomic mass is 19.1. The van der Waals surface area contributed by atoms with Crippen LogP contribution in [0.25, 0.3) is 0 Å². The molecule has 2 aromatic carbocycles. The Morgan fingerprint density at radius 2 is 1.83 bits per heavy atom. The van der Waals surface area contributed by atoms with E-state index in [1.807, 2.05) is 18.2 Å². The van der Waals surface area contributed by atoms with Gasteiger partial charge in [0.05, 0.1) is 11.8 Å². The largest absolute Gasteiger partial charge is 0.365 e. The molecular formula is C21H18FN5O2. The van der Waals surface area contributed by atoms with Crippen molar-refractivity contribution in [3.05, 3.63) is 89.0 Å². The van der Waals surface area contributed by atoms with E-state index in [-0.39, 0.29) is 11.5 Å². The number of primary amides is 1. The lowest BCUT2D eigenvalue weighted by molar-refractivity contribution is -0.113. The zero-order chi connectivity index (χ0) is 20.5. The van der Waals surface area contributed by atoms with Gasteiger partial charge in [-0.15, -0.1) is 0 Å². The van der Waals surface area contributed by atoms with E-state index in [2.05, 4.69) is 15.7 Å². The van der Waals surface area contributed by atoms with Gasteiger partial charge in [0, 0.05) is 11.4 Å². The van der Waals surface area contributed by atoms with Crippen LogP contribution in [0.3, 0.4) is 0 Å². The number of nitrogens with zero attached hydrogens (tertiary/aromatic N) is 2. The second-order valence-electron chi connectivity index (χ2n) is 6.65. The molecule has 2 amide bonds. The van der Waals surface area contributed by atoms with Gasteiger partial charge in [-0.1, -0.05) is 30.3 Å². The Hall–Kier alpha value is -3.94. The summed E-state index contributed by atoms with van der Waals surface area (Å²) in [6, 6.07) is 14.2. The molecule has 0 saturated carbocycles. The van der Waals surface area contributed by atoms with Crippen molar-refractivity contribution in [1.29, 1.82) is 0 Å². The molecule has 0 spiro atoms. The highest BCUT2D eigenvalue weighted by molar-refractivity contribution is 6.06. The number of aromatic nitrogens is 2. The third kappa shape index (κ3) is 3.36. The van der Waals surface area contributed by atoms with E-state index in [9.17, 15) is 14.0 Å². The van der Waals surface area contributed by atoms with Gasteiger partial charge in [0.1, 0.15) is 23.2 Å². The lowest BCUT2D eigenvalue weighted by Crippen LogP contribution is -2.32. The molecule has 1 aliphatic heterocycles.